The monoisotopic (exact) mass is 192 g/mol. The lowest BCUT2D eigenvalue weighted by atomic mass is 10.6. The van der Waals surface area contributed by atoms with Gasteiger partial charge in [0.2, 0.25) is 0 Å². The van der Waals surface area contributed by atoms with Crippen LogP contribution in [-0.4, -0.2) is 19.9 Å². The highest BCUT2D eigenvalue weighted by Crippen LogP contribution is 1.92. The Kier molecular flexibility index (Phi) is 6.36. The molecule has 64 valence electrons. The molecule has 0 aromatic rings. The minimum Gasteiger partial charge on any atom is -0.255 e. The first-order chi connectivity index (χ1) is 5.20. The highest BCUT2D eigenvalue weighted by molar-refractivity contribution is 7.88. The maximum Gasteiger partial charge on any atom is 0.0450 e. The highest BCUT2D eigenvalue weighted by atomic mass is 32.2. The van der Waals surface area contributed by atoms with Crippen LogP contribution in [0.1, 0.15) is 6.42 Å². The van der Waals surface area contributed by atoms with Gasteiger partial charge in [0.05, 0.1) is 0 Å². The molecule has 0 fully saturated rings. The van der Waals surface area contributed by atoms with Crippen molar-refractivity contribution in [1.82, 2.24) is 0 Å². The lowest BCUT2D eigenvalue weighted by Crippen LogP contribution is -1.99. The van der Waals surface area contributed by atoms with Crippen molar-refractivity contribution in [2.45, 2.75) is 6.42 Å². The van der Waals surface area contributed by atoms with Gasteiger partial charge in [-0.15, -0.1) is 0 Å². The summed E-state index contributed by atoms with van der Waals surface area (Å²) in [5.41, 5.74) is 0. The summed E-state index contributed by atoms with van der Waals surface area (Å²) in [7, 11) is -1.90. The molecule has 0 saturated heterocycles. The first-order valence-electron chi connectivity index (χ1n) is 3.20. The van der Waals surface area contributed by atoms with Crippen LogP contribution in [0.15, 0.2) is 24.0 Å². The Morgan fingerprint density at radius 2 is 1.36 bits per heavy atom. The van der Waals surface area contributed by atoms with Gasteiger partial charge in [-0.3, -0.25) is 8.42 Å². The Labute approximate surface area is 72.3 Å². The fourth-order valence-electron chi connectivity index (χ4n) is 0.510. The summed E-state index contributed by atoms with van der Waals surface area (Å²) < 4.78 is 21.5. The first kappa shape index (κ1) is 10.8. The van der Waals surface area contributed by atoms with Gasteiger partial charge in [-0.25, -0.2) is 0 Å². The third-order valence-corrected chi connectivity index (χ3v) is 3.19. The molecule has 0 aliphatic carbocycles. The Morgan fingerprint density at radius 1 is 1.00 bits per heavy atom. The van der Waals surface area contributed by atoms with Crippen LogP contribution in [-0.2, 0) is 21.6 Å². The van der Waals surface area contributed by atoms with Gasteiger partial charge in [0, 0.05) is 33.1 Å². The molecule has 0 spiro atoms. The standard InChI is InChI=1S/C7H12O2S2/c1-3-10(8)6-5-7-11(9)4-2/h3-4H,1-2,5-7H2. The van der Waals surface area contributed by atoms with Crippen LogP contribution in [0.4, 0.5) is 0 Å². The van der Waals surface area contributed by atoms with Crippen molar-refractivity contribution < 1.29 is 8.42 Å². The molecule has 0 N–H and O–H groups in total. The molecule has 2 unspecified atom stereocenters. The van der Waals surface area contributed by atoms with E-state index in [1.807, 2.05) is 0 Å². The van der Waals surface area contributed by atoms with Gasteiger partial charge in [-0.05, 0) is 17.2 Å². The number of hydrogen-bond donors (Lipinski definition) is 0. The molecule has 0 aliphatic heterocycles. The third kappa shape index (κ3) is 6.19. The van der Waals surface area contributed by atoms with Crippen LogP contribution < -0.4 is 0 Å². The zero-order valence-corrected chi connectivity index (χ0v) is 7.96. The van der Waals surface area contributed by atoms with E-state index < -0.39 is 21.6 Å². The predicted octanol–water partition coefficient (Wildman–Crippen LogP) is 1.16. The Bertz CT molecular complexity index is 167. The van der Waals surface area contributed by atoms with Gasteiger partial charge in [-0.1, -0.05) is 13.2 Å². The summed E-state index contributed by atoms with van der Waals surface area (Å²) in [5, 5.41) is 2.80. The minimum absolute atomic E-state index is 0.545. The van der Waals surface area contributed by atoms with E-state index in [-0.39, 0.29) is 0 Å². The first-order valence-corrected chi connectivity index (χ1v) is 5.96. The van der Waals surface area contributed by atoms with Crippen molar-refractivity contribution in [2.75, 3.05) is 11.5 Å². The van der Waals surface area contributed by atoms with Crippen molar-refractivity contribution in [3.63, 3.8) is 0 Å². The second-order valence-corrected chi connectivity index (χ2v) is 4.86. The molecule has 0 saturated carbocycles. The van der Waals surface area contributed by atoms with Crippen LogP contribution in [0, 0.1) is 0 Å². The normalized spacial score (nSPS) is 15.3. The predicted molar refractivity (Wildman–Crippen MR) is 51.0 cm³/mol. The van der Waals surface area contributed by atoms with E-state index in [0.717, 1.165) is 0 Å². The highest BCUT2D eigenvalue weighted by Gasteiger charge is 1.96. The molecule has 0 heterocycles. The van der Waals surface area contributed by atoms with E-state index in [2.05, 4.69) is 13.2 Å². The molecule has 11 heavy (non-hydrogen) atoms. The average molecular weight is 192 g/mol. The zero-order valence-electron chi connectivity index (χ0n) is 6.32. The lowest BCUT2D eigenvalue weighted by Gasteiger charge is -1.94. The summed E-state index contributed by atoms with van der Waals surface area (Å²) in [5.74, 6) is 1.09. The molecule has 2 atom stereocenters. The largest absolute Gasteiger partial charge is 0.255 e. The molecule has 0 rings (SSSR count). The van der Waals surface area contributed by atoms with Crippen LogP contribution in [0.2, 0.25) is 0 Å². The summed E-state index contributed by atoms with van der Waals surface area (Å²) in [4.78, 5) is 0. The van der Waals surface area contributed by atoms with Crippen LogP contribution >= 0.6 is 0 Å². The number of rotatable bonds is 6. The summed E-state index contributed by atoms with van der Waals surface area (Å²) in [6, 6.07) is 0. The SMILES string of the molecule is C=CS(=O)CCCS(=O)C=C. The minimum atomic E-state index is -0.950. The average Bonchev–Trinajstić information content (AvgIpc) is 2.04. The van der Waals surface area contributed by atoms with Crippen molar-refractivity contribution in [1.29, 1.82) is 0 Å². The smallest absolute Gasteiger partial charge is 0.0450 e. The molecule has 2 nitrogen and oxygen atoms in total. The van der Waals surface area contributed by atoms with Crippen LogP contribution in [0.5, 0.6) is 0 Å². The summed E-state index contributed by atoms with van der Waals surface area (Å²) in [6.45, 7) is 6.76. The lowest BCUT2D eigenvalue weighted by molar-refractivity contribution is 0.684. The fraction of sp³-hybridized carbons (Fsp3) is 0.429. The molecular weight excluding hydrogens is 180 g/mol. The van der Waals surface area contributed by atoms with Gasteiger partial charge in [0.15, 0.2) is 0 Å². The van der Waals surface area contributed by atoms with E-state index in [1.165, 1.54) is 10.8 Å². The van der Waals surface area contributed by atoms with Crippen LogP contribution in [0.25, 0.3) is 0 Å². The fourth-order valence-corrected chi connectivity index (χ4v) is 1.88. The van der Waals surface area contributed by atoms with Crippen LogP contribution in [0.3, 0.4) is 0 Å². The Hall–Kier alpha value is -0.220. The van der Waals surface area contributed by atoms with Crippen molar-refractivity contribution in [3.05, 3.63) is 24.0 Å². The van der Waals surface area contributed by atoms with Crippen molar-refractivity contribution in [3.8, 4) is 0 Å². The Balaban J connectivity index is 3.41. The van der Waals surface area contributed by atoms with Gasteiger partial charge < -0.3 is 0 Å². The second-order valence-electron chi connectivity index (χ2n) is 1.86. The molecule has 0 aromatic heterocycles. The van der Waals surface area contributed by atoms with Crippen molar-refractivity contribution >= 4 is 21.6 Å². The van der Waals surface area contributed by atoms with E-state index in [9.17, 15) is 8.42 Å². The maximum absolute atomic E-state index is 10.7. The molecule has 0 aromatic carbocycles. The molecule has 0 amide bonds. The summed E-state index contributed by atoms with van der Waals surface area (Å²) in [6.07, 6.45) is 0.692. The molecule has 4 heteroatoms. The molecule has 0 bridgehead atoms. The topological polar surface area (TPSA) is 34.1 Å². The van der Waals surface area contributed by atoms with E-state index >= 15 is 0 Å². The third-order valence-electron chi connectivity index (χ3n) is 1.06. The van der Waals surface area contributed by atoms with Gasteiger partial charge in [0.1, 0.15) is 0 Å². The molecule has 0 radical (unpaired) electrons. The second kappa shape index (κ2) is 6.49. The summed E-state index contributed by atoms with van der Waals surface area (Å²) >= 11 is 0. The maximum atomic E-state index is 10.7. The van der Waals surface area contributed by atoms with E-state index in [1.54, 1.807) is 0 Å². The molecular formula is C7H12O2S2. The quantitative estimate of drug-likeness (QED) is 0.633. The van der Waals surface area contributed by atoms with Gasteiger partial charge in [-0.2, -0.15) is 0 Å². The number of hydrogen-bond acceptors (Lipinski definition) is 2. The van der Waals surface area contributed by atoms with E-state index in [4.69, 9.17) is 0 Å². The molecule has 0 aliphatic rings. The van der Waals surface area contributed by atoms with Gasteiger partial charge in [0.25, 0.3) is 0 Å². The van der Waals surface area contributed by atoms with Gasteiger partial charge >= 0.3 is 0 Å². The zero-order chi connectivity index (χ0) is 8.69. The van der Waals surface area contributed by atoms with Crippen molar-refractivity contribution in [2.24, 2.45) is 0 Å². The van der Waals surface area contributed by atoms with E-state index in [0.29, 0.717) is 17.9 Å². The Morgan fingerprint density at radius 3 is 1.64 bits per heavy atom.